The Balaban J connectivity index is 1.69. The number of hydrogen-bond acceptors (Lipinski definition) is 3. The van der Waals surface area contributed by atoms with Gasteiger partial charge in [-0.05, 0) is 30.9 Å². The third-order valence-corrected chi connectivity index (χ3v) is 5.31. The lowest BCUT2D eigenvalue weighted by Gasteiger charge is -2.34. The first-order chi connectivity index (χ1) is 13.2. The first kappa shape index (κ1) is 19.6. The molecule has 0 aliphatic carbocycles. The molecule has 1 amide bonds. The van der Waals surface area contributed by atoms with E-state index in [4.69, 9.17) is 4.74 Å². The van der Waals surface area contributed by atoms with Crippen molar-refractivity contribution in [3.8, 4) is 0 Å². The zero-order valence-electron chi connectivity index (χ0n) is 16.4. The number of likely N-dealkylation sites (tertiary alicyclic amines) is 1. The van der Waals surface area contributed by atoms with Gasteiger partial charge in [0.25, 0.3) is 0 Å². The van der Waals surface area contributed by atoms with Gasteiger partial charge < -0.3 is 9.64 Å². The lowest BCUT2D eigenvalue weighted by molar-refractivity contribution is -0.133. The van der Waals surface area contributed by atoms with Crippen LogP contribution in [0.2, 0.25) is 0 Å². The van der Waals surface area contributed by atoms with Gasteiger partial charge in [-0.2, -0.15) is 0 Å². The maximum absolute atomic E-state index is 13.1. The van der Waals surface area contributed by atoms with Gasteiger partial charge in [-0.25, -0.2) is 0 Å². The molecule has 0 unspecified atom stereocenters. The average molecular weight is 367 g/mol. The molecule has 1 heterocycles. The van der Waals surface area contributed by atoms with Crippen molar-refractivity contribution in [2.24, 2.45) is 0 Å². The number of amides is 1. The van der Waals surface area contributed by atoms with Crippen molar-refractivity contribution >= 4 is 5.91 Å². The molecule has 2 aromatic rings. The summed E-state index contributed by atoms with van der Waals surface area (Å²) < 4.78 is 5.72. The van der Waals surface area contributed by atoms with Crippen LogP contribution in [0, 0.1) is 0 Å². The van der Waals surface area contributed by atoms with Crippen LogP contribution in [0.4, 0.5) is 0 Å². The third kappa shape index (κ3) is 5.18. The SMILES string of the molecule is CCOC1CCN(CC(=O)N(C)C(c2ccccc2)c2ccccc2)CC1. The molecule has 1 aliphatic rings. The van der Waals surface area contributed by atoms with Crippen LogP contribution in [0.3, 0.4) is 0 Å². The second kappa shape index (κ2) is 9.67. The van der Waals surface area contributed by atoms with Crippen LogP contribution in [0.25, 0.3) is 0 Å². The molecular formula is C23H30N2O2. The Labute approximate surface area is 162 Å². The fourth-order valence-corrected chi connectivity index (χ4v) is 3.83. The van der Waals surface area contributed by atoms with Crippen molar-refractivity contribution in [1.29, 1.82) is 0 Å². The quantitative estimate of drug-likeness (QED) is 0.748. The standard InChI is InChI=1S/C23H30N2O2/c1-3-27-21-14-16-25(17-15-21)18-22(26)24(2)23(19-10-6-4-7-11-19)20-12-8-5-9-13-20/h4-13,21,23H,3,14-18H2,1-2H3. The minimum absolute atomic E-state index is 0.0686. The fourth-order valence-electron chi connectivity index (χ4n) is 3.83. The molecule has 0 saturated carbocycles. The molecule has 144 valence electrons. The van der Waals surface area contributed by atoms with Gasteiger partial charge in [-0.3, -0.25) is 9.69 Å². The summed E-state index contributed by atoms with van der Waals surface area (Å²) in [5.74, 6) is 0.155. The maximum Gasteiger partial charge on any atom is 0.237 e. The molecule has 1 aliphatic heterocycles. The summed E-state index contributed by atoms with van der Waals surface area (Å²) in [5, 5.41) is 0. The maximum atomic E-state index is 13.1. The molecule has 0 spiro atoms. The summed E-state index contributed by atoms with van der Waals surface area (Å²) in [6.45, 7) is 5.11. The van der Waals surface area contributed by atoms with Crippen LogP contribution in [0.15, 0.2) is 60.7 Å². The number of carbonyl (C=O) groups is 1. The molecule has 1 saturated heterocycles. The molecule has 2 aromatic carbocycles. The molecule has 3 rings (SSSR count). The minimum Gasteiger partial charge on any atom is -0.378 e. The van der Waals surface area contributed by atoms with E-state index in [2.05, 4.69) is 29.2 Å². The smallest absolute Gasteiger partial charge is 0.237 e. The summed E-state index contributed by atoms with van der Waals surface area (Å²) in [6.07, 6.45) is 2.36. The van der Waals surface area contributed by atoms with E-state index in [-0.39, 0.29) is 11.9 Å². The van der Waals surface area contributed by atoms with Gasteiger partial charge in [0, 0.05) is 26.7 Å². The molecule has 27 heavy (non-hydrogen) atoms. The molecule has 0 radical (unpaired) electrons. The Bertz CT molecular complexity index is 657. The topological polar surface area (TPSA) is 32.8 Å². The van der Waals surface area contributed by atoms with Crippen molar-refractivity contribution < 1.29 is 9.53 Å². The average Bonchev–Trinajstić information content (AvgIpc) is 2.71. The number of carbonyl (C=O) groups excluding carboxylic acids is 1. The van der Waals surface area contributed by atoms with Gasteiger partial charge >= 0.3 is 0 Å². The third-order valence-electron chi connectivity index (χ3n) is 5.31. The minimum atomic E-state index is -0.0686. The highest BCUT2D eigenvalue weighted by atomic mass is 16.5. The van der Waals surface area contributed by atoms with Gasteiger partial charge in [-0.1, -0.05) is 60.7 Å². The van der Waals surface area contributed by atoms with Gasteiger partial charge in [-0.15, -0.1) is 0 Å². The molecule has 0 bridgehead atoms. The van der Waals surface area contributed by atoms with Crippen LogP contribution < -0.4 is 0 Å². The van der Waals surface area contributed by atoms with Crippen LogP contribution in [-0.4, -0.2) is 55.1 Å². The Morgan fingerprint density at radius 3 is 2.04 bits per heavy atom. The van der Waals surface area contributed by atoms with Crippen LogP contribution in [-0.2, 0) is 9.53 Å². The number of nitrogens with zero attached hydrogens (tertiary/aromatic N) is 2. The number of benzene rings is 2. The van der Waals surface area contributed by atoms with E-state index in [0.717, 1.165) is 43.7 Å². The van der Waals surface area contributed by atoms with Gasteiger partial charge in [0.1, 0.15) is 0 Å². The molecule has 0 N–H and O–H groups in total. The second-order valence-electron chi connectivity index (χ2n) is 7.16. The fraction of sp³-hybridized carbons (Fsp3) is 0.435. The lowest BCUT2D eigenvalue weighted by atomic mass is 9.97. The zero-order valence-corrected chi connectivity index (χ0v) is 16.4. The molecule has 4 heteroatoms. The van der Waals surface area contributed by atoms with Crippen LogP contribution >= 0.6 is 0 Å². The molecular weight excluding hydrogens is 336 g/mol. The van der Waals surface area contributed by atoms with E-state index in [9.17, 15) is 4.79 Å². The van der Waals surface area contributed by atoms with E-state index in [1.165, 1.54) is 0 Å². The van der Waals surface area contributed by atoms with Gasteiger partial charge in [0.05, 0.1) is 18.7 Å². The van der Waals surface area contributed by atoms with Crippen molar-refractivity contribution in [2.45, 2.75) is 31.9 Å². The van der Waals surface area contributed by atoms with E-state index >= 15 is 0 Å². The summed E-state index contributed by atoms with van der Waals surface area (Å²) in [6, 6.07) is 20.4. The highest BCUT2D eigenvalue weighted by Crippen LogP contribution is 2.27. The van der Waals surface area contributed by atoms with Gasteiger partial charge in [0.15, 0.2) is 0 Å². The van der Waals surface area contributed by atoms with Crippen LogP contribution in [0.1, 0.15) is 36.9 Å². The second-order valence-corrected chi connectivity index (χ2v) is 7.16. The van der Waals surface area contributed by atoms with Crippen LogP contribution in [0.5, 0.6) is 0 Å². The van der Waals surface area contributed by atoms with Gasteiger partial charge in [0.2, 0.25) is 5.91 Å². The molecule has 4 nitrogen and oxygen atoms in total. The Hall–Kier alpha value is -2.17. The lowest BCUT2D eigenvalue weighted by Crippen LogP contribution is -2.44. The molecule has 1 fully saturated rings. The predicted octanol–water partition coefficient (Wildman–Crippen LogP) is 3.74. The largest absolute Gasteiger partial charge is 0.378 e. The van der Waals surface area contributed by atoms with Crippen molar-refractivity contribution in [3.05, 3.63) is 71.8 Å². The summed E-state index contributed by atoms with van der Waals surface area (Å²) >= 11 is 0. The van der Waals surface area contributed by atoms with E-state index in [1.807, 2.05) is 55.3 Å². The monoisotopic (exact) mass is 366 g/mol. The van der Waals surface area contributed by atoms with E-state index in [1.54, 1.807) is 0 Å². The highest BCUT2D eigenvalue weighted by Gasteiger charge is 2.26. The summed E-state index contributed by atoms with van der Waals surface area (Å²) in [5.41, 5.74) is 2.27. The molecule has 0 atom stereocenters. The summed E-state index contributed by atoms with van der Waals surface area (Å²) in [7, 11) is 1.92. The zero-order chi connectivity index (χ0) is 19.1. The number of hydrogen-bond donors (Lipinski definition) is 0. The molecule has 0 aromatic heterocycles. The normalized spacial score (nSPS) is 15.8. The Morgan fingerprint density at radius 1 is 1.04 bits per heavy atom. The first-order valence-corrected chi connectivity index (χ1v) is 9.88. The van der Waals surface area contributed by atoms with Crippen molar-refractivity contribution in [1.82, 2.24) is 9.80 Å². The highest BCUT2D eigenvalue weighted by molar-refractivity contribution is 5.79. The van der Waals surface area contributed by atoms with Crippen molar-refractivity contribution in [2.75, 3.05) is 33.3 Å². The predicted molar refractivity (Wildman–Crippen MR) is 109 cm³/mol. The summed E-state index contributed by atoms with van der Waals surface area (Å²) in [4.78, 5) is 17.2. The Kier molecular flexibility index (Phi) is 7.02. The first-order valence-electron chi connectivity index (χ1n) is 9.88. The number of rotatable bonds is 7. The Morgan fingerprint density at radius 2 is 1.56 bits per heavy atom. The number of piperidine rings is 1. The van der Waals surface area contributed by atoms with Crippen molar-refractivity contribution in [3.63, 3.8) is 0 Å². The number of likely N-dealkylation sites (N-methyl/N-ethyl adjacent to an activating group) is 1. The number of ether oxygens (including phenoxy) is 1. The van der Waals surface area contributed by atoms with E-state index in [0.29, 0.717) is 12.6 Å². The van der Waals surface area contributed by atoms with E-state index < -0.39 is 0 Å².